The lowest BCUT2D eigenvalue weighted by Crippen LogP contribution is -2.60. The Balaban J connectivity index is 2.13. The molecule has 11 nitrogen and oxygen atoms in total. The van der Waals surface area contributed by atoms with Gasteiger partial charge in [0.05, 0.1) is 32.0 Å². The number of esters is 1. The number of hydrogen-bond acceptors (Lipinski definition) is 10. The van der Waals surface area contributed by atoms with Crippen LogP contribution in [-0.4, -0.2) is 100 Å². The average molecular weight is 882 g/mol. The van der Waals surface area contributed by atoms with Gasteiger partial charge < -0.3 is 45.1 Å². The highest BCUT2D eigenvalue weighted by atomic mass is 16.7. The van der Waals surface area contributed by atoms with Gasteiger partial charge in [0.2, 0.25) is 5.91 Å². The van der Waals surface area contributed by atoms with E-state index in [1.165, 1.54) is 128 Å². The van der Waals surface area contributed by atoms with Crippen LogP contribution < -0.4 is 5.32 Å². The summed E-state index contributed by atoms with van der Waals surface area (Å²) in [6.07, 6.45) is 36.8. The Labute approximate surface area is 378 Å². The van der Waals surface area contributed by atoms with Crippen LogP contribution in [0.1, 0.15) is 226 Å². The van der Waals surface area contributed by atoms with E-state index in [2.05, 4.69) is 31.3 Å². The molecule has 0 saturated carbocycles. The molecule has 0 spiro atoms. The van der Waals surface area contributed by atoms with Gasteiger partial charge in [-0.15, -0.1) is 0 Å². The fraction of sp³-hybridized carbons (Fsp3) is 0.882. The summed E-state index contributed by atoms with van der Waals surface area (Å²) in [5.74, 6) is -0.236. The van der Waals surface area contributed by atoms with Gasteiger partial charge >= 0.3 is 5.97 Å². The van der Waals surface area contributed by atoms with Gasteiger partial charge in [-0.25, -0.2) is 0 Å². The van der Waals surface area contributed by atoms with Crippen molar-refractivity contribution in [3.8, 4) is 0 Å². The van der Waals surface area contributed by atoms with E-state index in [1.807, 2.05) is 6.08 Å². The number of amides is 1. The van der Waals surface area contributed by atoms with Crippen LogP contribution in [-0.2, 0) is 23.8 Å². The van der Waals surface area contributed by atoms with Crippen LogP contribution in [0.25, 0.3) is 0 Å². The molecule has 0 aliphatic carbocycles. The SMILES string of the molecule is CCCCC/C=C\CCCCCCCC(=O)OCCCCCCCCCCCCCCCC(=O)NC(COC1OC(CO)C(O)C(O)C1O)C(O)/C=C/CCCCCCCCC. The normalized spacial score (nSPS) is 20.3. The standard InChI is InChI=1S/C51H95NO10/c1-3-5-7-9-11-13-14-19-23-27-31-35-39-47(56)60-40-36-32-28-24-20-17-15-16-18-22-26-30-34-38-46(55)52-43(44(54)37-33-29-25-21-12-10-8-6-4-2)42-61-51-50(59)49(58)48(57)45(41-53)62-51/h11,13,33,37,43-45,48-51,53-54,57-59H,3-10,12,14-32,34-36,38-42H2,1-2H3,(H,52,55)/b13-11-,37-33+. The first-order valence-corrected chi connectivity index (χ1v) is 25.6. The van der Waals surface area contributed by atoms with Gasteiger partial charge in [-0.3, -0.25) is 9.59 Å². The van der Waals surface area contributed by atoms with Crippen molar-refractivity contribution in [2.75, 3.05) is 19.8 Å². The number of hydrogen-bond donors (Lipinski definition) is 6. The zero-order valence-electron chi connectivity index (χ0n) is 39.6. The van der Waals surface area contributed by atoms with Crippen LogP contribution in [0.3, 0.4) is 0 Å². The number of aliphatic hydroxyl groups excluding tert-OH is 5. The third kappa shape index (κ3) is 31.9. The van der Waals surface area contributed by atoms with Crippen molar-refractivity contribution in [1.29, 1.82) is 0 Å². The summed E-state index contributed by atoms with van der Waals surface area (Å²) < 4.78 is 16.6. The maximum absolute atomic E-state index is 12.9. The van der Waals surface area contributed by atoms with Crippen LogP contribution in [0.15, 0.2) is 24.3 Å². The van der Waals surface area contributed by atoms with Gasteiger partial charge in [0, 0.05) is 12.8 Å². The quantitative estimate of drug-likeness (QED) is 0.0196. The lowest BCUT2D eigenvalue weighted by molar-refractivity contribution is -0.302. The van der Waals surface area contributed by atoms with Crippen LogP contribution in [0.4, 0.5) is 0 Å². The molecule has 11 heteroatoms. The number of nitrogens with one attached hydrogen (secondary N) is 1. The number of allylic oxidation sites excluding steroid dienone is 3. The molecule has 0 aromatic rings. The first-order valence-electron chi connectivity index (χ1n) is 25.6. The van der Waals surface area contributed by atoms with Crippen LogP contribution in [0.2, 0.25) is 0 Å². The summed E-state index contributed by atoms with van der Waals surface area (Å²) in [7, 11) is 0. The van der Waals surface area contributed by atoms with Crippen LogP contribution in [0.5, 0.6) is 0 Å². The first-order chi connectivity index (χ1) is 30.2. The second-order valence-electron chi connectivity index (χ2n) is 17.9. The topological polar surface area (TPSA) is 175 Å². The number of aliphatic hydroxyl groups is 5. The molecule has 1 amide bonds. The van der Waals surface area contributed by atoms with Gasteiger partial charge in [-0.2, -0.15) is 0 Å². The van der Waals surface area contributed by atoms with Gasteiger partial charge in [0.15, 0.2) is 6.29 Å². The van der Waals surface area contributed by atoms with Gasteiger partial charge in [0.25, 0.3) is 0 Å². The lowest BCUT2D eigenvalue weighted by Gasteiger charge is -2.40. The molecule has 0 bridgehead atoms. The molecule has 364 valence electrons. The van der Waals surface area contributed by atoms with Crippen molar-refractivity contribution in [2.45, 2.75) is 269 Å². The highest BCUT2D eigenvalue weighted by Gasteiger charge is 2.44. The maximum Gasteiger partial charge on any atom is 0.305 e. The molecule has 6 N–H and O–H groups in total. The second-order valence-corrected chi connectivity index (χ2v) is 17.9. The van der Waals surface area contributed by atoms with E-state index in [0.717, 1.165) is 70.6 Å². The van der Waals surface area contributed by atoms with E-state index < -0.39 is 49.5 Å². The molecule has 62 heavy (non-hydrogen) atoms. The first kappa shape index (κ1) is 58.2. The maximum atomic E-state index is 12.9. The van der Waals surface area contributed by atoms with Crippen molar-refractivity contribution in [1.82, 2.24) is 5.32 Å². The third-order valence-corrected chi connectivity index (χ3v) is 12.1. The minimum Gasteiger partial charge on any atom is -0.466 e. The molecule has 1 aliphatic heterocycles. The van der Waals surface area contributed by atoms with Crippen LogP contribution >= 0.6 is 0 Å². The fourth-order valence-electron chi connectivity index (χ4n) is 7.90. The van der Waals surface area contributed by atoms with E-state index in [1.54, 1.807) is 6.08 Å². The molecular formula is C51H95NO10. The molecule has 1 heterocycles. The molecule has 0 aromatic heterocycles. The fourth-order valence-corrected chi connectivity index (χ4v) is 7.90. The Hall–Kier alpha value is -1.86. The number of unbranched alkanes of at least 4 members (excludes halogenated alkanes) is 27. The van der Waals surface area contributed by atoms with E-state index in [4.69, 9.17) is 14.2 Å². The van der Waals surface area contributed by atoms with Gasteiger partial charge in [0.1, 0.15) is 24.4 Å². The molecule has 7 unspecified atom stereocenters. The molecule has 1 saturated heterocycles. The van der Waals surface area contributed by atoms with Crippen molar-refractivity contribution >= 4 is 11.9 Å². The Morgan fingerprint density at radius 3 is 1.58 bits per heavy atom. The highest BCUT2D eigenvalue weighted by molar-refractivity contribution is 5.76. The summed E-state index contributed by atoms with van der Waals surface area (Å²) >= 11 is 0. The summed E-state index contributed by atoms with van der Waals surface area (Å²) in [5.41, 5.74) is 0. The van der Waals surface area contributed by atoms with E-state index >= 15 is 0 Å². The van der Waals surface area contributed by atoms with Crippen molar-refractivity contribution in [3.05, 3.63) is 24.3 Å². The monoisotopic (exact) mass is 882 g/mol. The third-order valence-electron chi connectivity index (χ3n) is 12.1. The number of carbonyl (C=O) groups is 2. The minimum atomic E-state index is -1.57. The molecule has 1 rings (SSSR count). The predicted molar refractivity (Wildman–Crippen MR) is 251 cm³/mol. The minimum absolute atomic E-state index is 0.0385. The van der Waals surface area contributed by atoms with Crippen molar-refractivity contribution < 1.29 is 49.3 Å². The second kappa shape index (κ2) is 41.8. The number of carbonyl (C=O) groups excluding carboxylic acids is 2. The molecule has 0 aromatic carbocycles. The van der Waals surface area contributed by atoms with Crippen LogP contribution in [0, 0.1) is 0 Å². The summed E-state index contributed by atoms with van der Waals surface area (Å²) in [5, 5.41) is 54.1. The molecular weight excluding hydrogens is 787 g/mol. The summed E-state index contributed by atoms with van der Waals surface area (Å²) in [6, 6.07) is -0.817. The summed E-state index contributed by atoms with van der Waals surface area (Å²) in [4.78, 5) is 25.0. The van der Waals surface area contributed by atoms with E-state index in [-0.39, 0.29) is 18.5 Å². The molecule has 1 aliphatic rings. The van der Waals surface area contributed by atoms with E-state index in [9.17, 15) is 35.1 Å². The Bertz CT molecular complexity index is 1090. The smallest absolute Gasteiger partial charge is 0.305 e. The Morgan fingerprint density at radius 2 is 1.03 bits per heavy atom. The largest absolute Gasteiger partial charge is 0.466 e. The number of rotatable bonds is 43. The van der Waals surface area contributed by atoms with Gasteiger partial charge in [-0.1, -0.05) is 179 Å². The summed E-state index contributed by atoms with van der Waals surface area (Å²) in [6.45, 7) is 4.23. The van der Waals surface area contributed by atoms with E-state index in [0.29, 0.717) is 19.4 Å². The predicted octanol–water partition coefficient (Wildman–Crippen LogP) is 10.2. The number of ether oxygens (including phenoxy) is 3. The Morgan fingerprint density at radius 1 is 0.581 bits per heavy atom. The van der Waals surface area contributed by atoms with Crippen molar-refractivity contribution in [3.63, 3.8) is 0 Å². The van der Waals surface area contributed by atoms with Crippen molar-refractivity contribution in [2.24, 2.45) is 0 Å². The Kier molecular flexibility index (Phi) is 39.2. The highest BCUT2D eigenvalue weighted by Crippen LogP contribution is 2.23. The van der Waals surface area contributed by atoms with Gasteiger partial charge in [-0.05, 0) is 57.8 Å². The molecule has 7 atom stereocenters. The zero-order chi connectivity index (χ0) is 45.3. The lowest BCUT2D eigenvalue weighted by atomic mass is 9.99. The average Bonchev–Trinajstić information content (AvgIpc) is 3.27. The molecule has 1 fully saturated rings. The zero-order valence-corrected chi connectivity index (χ0v) is 39.6. The molecule has 0 radical (unpaired) electrons.